The third-order valence-corrected chi connectivity index (χ3v) is 6.13. The van der Waals surface area contributed by atoms with E-state index in [0.29, 0.717) is 23.9 Å². The maximum absolute atomic E-state index is 12.8. The molecule has 10 heteroatoms. The first kappa shape index (κ1) is 23.9. The number of carboxylic acids is 1. The fourth-order valence-electron chi connectivity index (χ4n) is 4.34. The van der Waals surface area contributed by atoms with Crippen molar-refractivity contribution in [2.24, 2.45) is 0 Å². The van der Waals surface area contributed by atoms with E-state index >= 15 is 0 Å². The van der Waals surface area contributed by atoms with Crippen molar-refractivity contribution in [1.29, 1.82) is 0 Å². The minimum atomic E-state index is -0.979. The summed E-state index contributed by atoms with van der Waals surface area (Å²) in [7, 11) is 0. The molecule has 0 saturated carbocycles. The van der Waals surface area contributed by atoms with Crippen LogP contribution < -0.4 is 20.4 Å². The Morgan fingerprint density at radius 3 is 2.43 bits per heavy atom. The smallest absolute Gasteiger partial charge is 0.323 e. The molecule has 10 nitrogen and oxygen atoms in total. The van der Waals surface area contributed by atoms with Crippen molar-refractivity contribution in [3.05, 3.63) is 78.4 Å². The van der Waals surface area contributed by atoms with Crippen molar-refractivity contribution >= 4 is 51.8 Å². The van der Waals surface area contributed by atoms with Crippen LogP contribution in [-0.2, 0) is 20.9 Å². The van der Waals surface area contributed by atoms with Crippen LogP contribution in [0.25, 0.3) is 11.0 Å². The highest BCUT2D eigenvalue weighted by molar-refractivity contribution is 6.03. The highest BCUT2D eigenvalue weighted by atomic mass is 16.4. The van der Waals surface area contributed by atoms with E-state index in [2.05, 4.69) is 20.6 Å². The molecule has 0 aliphatic carbocycles. The van der Waals surface area contributed by atoms with Crippen LogP contribution in [0.15, 0.2) is 72.8 Å². The van der Waals surface area contributed by atoms with E-state index in [-0.39, 0.29) is 37.9 Å². The first-order valence-electron chi connectivity index (χ1n) is 11.9. The molecular formula is C27H26N6O4. The Kier molecular flexibility index (Phi) is 6.71. The van der Waals surface area contributed by atoms with Gasteiger partial charge in [0.25, 0.3) is 0 Å². The molecule has 4 N–H and O–H groups in total. The van der Waals surface area contributed by atoms with Gasteiger partial charge in [-0.2, -0.15) is 0 Å². The van der Waals surface area contributed by atoms with Crippen LogP contribution in [0, 0.1) is 0 Å². The summed E-state index contributed by atoms with van der Waals surface area (Å²) in [5.41, 5.74) is 4.73. The summed E-state index contributed by atoms with van der Waals surface area (Å²) in [6.07, 6.45) is 0.120. The fraction of sp³-hybridized carbons (Fsp3) is 0.185. The topological polar surface area (TPSA) is 131 Å². The Hall–Kier alpha value is -4.86. The Balaban J connectivity index is 1.20. The van der Waals surface area contributed by atoms with E-state index in [9.17, 15) is 19.5 Å². The average molecular weight is 499 g/mol. The molecule has 0 atom stereocenters. The molecule has 0 radical (unpaired) electrons. The average Bonchev–Trinajstić information content (AvgIpc) is 3.26. The molecule has 188 valence electrons. The van der Waals surface area contributed by atoms with Gasteiger partial charge in [-0.1, -0.05) is 36.4 Å². The van der Waals surface area contributed by atoms with Crippen molar-refractivity contribution in [3.63, 3.8) is 0 Å². The molecule has 1 aliphatic heterocycles. The van der Waals surface area contributed by atoms with Gasteiger partial charge in [0.15, 0.2) is 0 Å². The number of aromatic nitrogens is 2. The second kappa shape index (κ2) is 10.4. The van der Waals surface area contributed by atoms with Crippen molar-refractivity contribution in [3.8, 4) is 0 Å². The van der Waals surface area contributed by atoms with Gasteiger partial charge in [0.1, 0.15) is 13.1 Å². The van der Waals surface area contributed by atoms with Gasteiger partial charge in [0.05, 0.1) is 22.4 Å². The third-order valence-electron chi connectivity index (χ3n) is 6.13. The number of carbonyl (C=O) groups is 3. The summed E-state index contributed by atoms with van der Waals surface area (Å²) in [5.74, 6) is -0.866. The molecule has 5 rings (SSSR count). The summed E-state index contributed by atoms with van der Waals surface area (Å²) in [6.45, 7) is 0.210. The number of rotatable bonds is 8. The number of hydrogen-bond acceptors (Lipinski definition) is 6. The van der Waals surface area contributed by atoms with Crippen molar-refractivity contribution in [2.45, 2.75) is 13.0 Å². The molecule has 0 saturated heterocycles. The highest BCUT2D eigenvalue weighted by Crippen LogP contribution is 2.32. The van der Waals surface area contributed by atoms with E-state index in [1.807, 2.05) is 48.5 Å². The normalized spacial score (nSPS) is 13.2. The lowest BCUT2D eigenvalue weighted by atomic mass is 10.2. The molecule has 4 aromatic rings. The third kappa shape index (κ3) is 5.53. The predicted octanol–water partition coefficient (Wildman–Crippen LogP) is 3.25. The number of amides is 2. The number of anilines is 4. The van der Waals surface area contributed by atoms with Crippen LogP contribution in [0.1, 0.15) is 12.0 Å². The molecule has 0 fully saturated rings. The van der Waals surface area contributed by atoms with Crippen LogP contribution in [0.5, 0.6) is 0 Å². The van der Waals surface area contributed by atoms with Crippen LogP contribution in [0.3, 0.4) is 0 Å². The summed E-state index contributed by atoms with van der Waals surface area (Å²) in [6, 6.07) is 22.4. The first-order chi connectivity index (χ1) is 18.0. The summed E-state index contributed by atoms with van der Waals surface area (Å²) >= 11 is 0. The van der Waals surface area contributed by atoms with Gasteiger partial charge >= 0.3 is 5.97 Å². The molecule has 2 heterocycles. The quantitative estimate of drug-likeness (QED) is 0.293. The second-order valence-corrected chi connectivity index (χ2v) is 8.74. The fourth-order valence-corrected chi connectivity index (χ4v) is 4.34. The van der Waals surface area contributed by atoms with Gasteiger partial charge in [-0.25, -0.2) is 4.98 Å². The standard InChI is InChI=1S/C27H26N6O4/c34-24(16-33-23-8-4-3-7-22(23)32(17-26(36)37)14-13-25(33)35)28-15-18-9-11-19(12-10-18)29-27-30-20-5-1-2-6-21(20)31-27/h1-12H,13-17H2,(H,28,34)(H,36,37)(H2,29,30,31). The minimum absolute atomic E-state index is 0.120. The van der Waals surface area contributed by atoms with Gasteiger partial charge in [0, 0.05) is 25.2 Å². The summed E-state index contributed by atoms with van der Waals surface area (Å²) in [4.78, 5) is 47.7. The van der Waals surface area contributed by atoms with Crippen LogP contribution in [-0.4, -0.2) is 52.5 Å². The SMILES string of the molecule is O=C(O)CN1CCC(=O)N(CC(=O)NCc2ccc(Nc3nc4ccccc4[nH]3)cc2)c2ccccc21. The summed E-state index contributed by atoms with van der Waals surface area (Å²) < 4.78 is 0. The lowest BCUT2D eigenvalue weighted by Crippen LogP contribution is -2.40. The number of H-pyrrole nitrogens is 1. The second-order valence-electron chi connectivity index (χ2n) is 8.74. The molecule has 2 amide bonds. The monoisotopic (exact) mass is 498 g/mol. The lowest BCUT2D eigenvalue weighted by molar-refractivity contribution is -0.135. The zero-order chi connectivity index (χ0) is 25.8. The summed E-state index contributed by atoms with van der Waals surface area (Å²) in [5, 5.41) is 15.4. The zero-order valence-corrected chi connectivity index (χ0v) is 20.0. The van der Waals surface area contributed by atoms with Crippen molar-refractivity contribution in [1.82, 2.24) is 15.3 Å². The minimum Gasteiger partial charge on any atom is -0.480 e. The molecule has 0 bridgehead atoms. The number of fused-ring (bicyclic) bond motifs is 2. The number of aliphatic carboxylic acids is 1. The number of hydrogen-bond donors (Lipinski definition) is 4. The molecule has 0 spiro atoms. The Labute approximate surface area is 212 Å². The van der Waals surface area contributed by atoms with Gasteiger partial charge < -0.3 is 30.5 Å². The van der Waals surface area contributed by atoms with E-state index in [1.165, 1.54) is 4.90 Å². The van der Waals surface area contributed by atoms with Gasteiger partial charge in [-0.05, 0) is 42.0 Å². The number of aromatic amines is 1. The van der Waals surface area contributed by atoms with Gasteiger partial charge in [0.2, 0.25) is 17.8 Å². The van der Waals surface area contributed by atoms with Crippen molar-refractivity contribution < 1.29 is 19.5 Å². The molecule has 1 aromatic heterocycles. The lowest BCUT2D eigenvalue weighted by Gasteiger charge is -2.25. The molecular weight excluding hydrogens is 472 g/mol. The van der Waals surface area contributed by atoms with Crippen LogP contribution >= 0.6 is 0 Å². The number of carboxylic acid groups (broad SMARTS) is 1. The zero-order valence-electron chi connectivity index (χ0n) is 20.0. The molecule has 3 aromatic carbocycles. The Morgan fingerprint density at radius 1 is 0.946 bits per heavy atom. The van der Waals surface area contributed by atoms with E-state index < -0.39 is 5.97 Å². The number of para-hydroxylation sites is 4. The number of imidazole rings is 1. The number of nitrogens with one attached hydrogen (secondary N) is 3. The van der Waals surface area contributed by atoms with Gasteiger partial charge in [-0.3, -0.25) is 14.4 Å². The van der Waals surface area contributed by atoms with Gasteiger partial charge in [-0.15, -0.1) is 0 Å². The maximum atomic E-state index is 12.8. The number of nitrogens with zero attached hydrogens (tertiary/aromatic N) is 3. The van der Waals surface area contributed by atoms with Crippen LogP contribution in [0.2, 0.25) is 0 Å². The molecule has 37 heavy (non-hydrogen) atoms. The first-order valence-corrected chi connectivity index (χ1v) is 11.9. The number of benzene rings is 3. The Morgan fingerprint density at radius 2 is 1.68 bits per heavy atom. The van der Waals surface area contributed by atoms with E-state index in [4.69, 9.17) is 0 Å². The largest absolute Gasteiger partial charge is 0.480 e. The molecule has 0 unspecified atom stereocenters. The number of carbonyl (C=O) groups excluding carboxylic acids is 2. The maximum Gasteiger partial charge on any atom is 0.323 e. The van der Waals surface area contributed by atoms with Crippen molar-refractivity contribution in [2.75, 3.05) is 34.8 Å². The molecule has 1 aliphatic rings. The van der Waals surface area contributed by atoms with E-state index in [0.717, 1.165) is 22.3 Å². The highest BCUT2D eigenvalue weighted by Gasteiger charge is 2.28. The predicted molar refractivity (Wildman–Crippen MR) is 141 cm³/mol. The van der Waals surface area contributed by atoms with Crippen LogP contribution in [0.4, 0.5) is 23.0 Å². The Bertz CT molecular complexity index is 1420. The van der Waals surface area contributed by atoms with E-state index in [1.54, 1.807) is 29.2 Å².